The van der Waals surface area contributed by atoms with Crippen LogP contribution in [0.2, 0.25) is 0 Å². The van der Waals surface area contributed by atoms with Crippen LogP contribution in [0.3, 0.4) is 0 Å². The highest BCUT2D eigenvalue weighted by Crippen LogP contribution is 2.31. The molecule has 3 amide bonds. The number of anilines is 1. The molecule has 2 heterocycles. The molecule has 3 rings (SSSR count). The van der Waals surface area contributed by atoms with Crippen LogP contribution >= 0.6 is 0 Å². The summed E-state index contributed by atoms with van der Waals surface area (Å²) in [6, 6.07) is 3.60. The van der Waals surface area contributed by atoms with Gasteiger partial charge in [0.2, 0.25) is 10.0 Å². The largest absolute Gasteiger partial charge is 0.495 e. The van der Waals surface area contributed by atoms with Crippen molar-refractivity contribution < 1.29 is 22.7 Å². The number of imide groups is 1. The van der Waals surface area contributed by atoms with Gasteiger partial charge in [-0.2, -0.15) is 4.31 Å². The normalized spacial score (nSPS) is 19.2. The van der Waals surface area contributed by atoms with Crippen molar-refractivity contribution in [3.8, 4) is 5.75 Å². The van der Waals surface area contributed by atoms with E-state index in [1.807, 2.05) is 0 Å². The highest BCUT2D eigenvalue weighted by molar-refractivity contribution is 7.89. The molecule has 0 saturated carbocycles. The molecule has 1 aromatic rings. The van der Waals surface area contributed by atoms with E-state index in [9.17, 15) is 18.0 Å². The molecule has 0 bridgehead atoms. The van der Waals surface area contributed by atoms with E-state index in [0.29, 0.717) is 31.9 Å². The average molecular weight is 410 g/mol. The second kappa shape index (κ2) is 8.36. The van der Waals surface area contributed by atoms with Crippen molar-refractivity contribution in [1.82, 2.24) is 14.5 Å². The van der Waals surface area contributed by atoms with Gasteiger partial charge in [-0.3, -0.25) is 9.69 Å². The fraction of sp³-hybridized carbons (Fsp3) is 0.556. The summed E-state index contributed by atoms with van der Waals surface area (Å²) in [7, 11) is -2.27. The van der Waals surface area contributed by atoms with Gasteiger partial charge in [0.05, 0.1) is 7.11 Å². The van der Waals surface area contributed by atoms with E-state index in [1.165, 1.54) is 17.5 Å². The van der Waals surface area contributed by atoms with Gasteiger partial charge in [-0.15, -0.1) is 0 Å². The lowest BCUT2D eigenvalue weighted by atomic mass is 10.2. The Morgan fingerprint density at radius 2 is 1.93 bits per heavy atom. The van der Waals surface area contributed by atoms with Gasteiger partial charge in [0.1, 0.15) is 16.7 Å². The van der Waals surface area contributed by atoms with Crippen LogP contribution in [-0.4, -0.2) is 68.9 Å². The van der Waals surface area contributed by atoms with Gasteiger partial charge in [-0.25, -0.2) is 13.2 Å². The molecule has 28 heavy (non-hydrogen) atoms. The standard InChI is InChI=1S/C18H26N4O5S/c1-13(17(23)22-11-8-19-18(22)24)20-14-6-7-15(27-2)16(12-14)28(25,26)21-9-4-3-5-10-21/h6-7,12-13,20H,3-5,8-11H2,1-2H3,(H,19,24). The van der Waals surface area contributed by atoms with Crippen molar-refractivity contribution in [2.45, 2.75) is 37.1 Å². The summed E-state index contributed by atoms with van der Waals surface area (Å²) in [5.74, 6) is -0.111. The molecule has 2 aliphatic heterocycles. The summed E-state index contributed by atoms with van der Waals surface area (Å²) in [4.78, 5) is 25.4. The lowest BCUT2D eigenvalue weighted by molar-refractivity contribution is -0.128. The maximum absolute atomic E-state index is 13.1. The number of nitrogens with zero attached hydrogens (tertiary/aromatic N) is 2. The van der Waals surface area contributed by atoms with E-state index < -0.39 is 22.1 Å². The van der Waals surface area contributed by atoms with Gasteiger partial charge >= 0.3 is 6.03 Å². The van der Waals surface area contributed by atoms with Crippen molar-refractivity contribution >= 4 is 27.6 Å². The van der Waals surface area contributed by atoms with Gasteiger partial charge in [-0.05, 0) is 38.0 Å². The Kier molecular flexibility index (Phi) is 6.09. The number of urea groups is 1. The second-order valence-electron chi connectivity index (χ2n) is 6.92. The molecule has 0 aromatic heterocycles. The van der Waals surface area contributed by atoms with Gasteiger partial charge in [0.15, 0.2) is 0 Å². The van der Waals surface area contributed by atoms with Crippen molar-refractivity contribution in [3.05, 3.63) is 18.2 Å². The Bertz CT molecular complexity index is 852. The summed E-state index contributed by atoms with van der Waals surface area (Å²) >= 11 is 0. The predicted octanol–water partition coefficient (Wildman–Crippen LogP) is 1.22. The Hall–Kier alpha value is -2.33. The molecule has 1 atom stereocenters. The molecule has 2 fully saturated rings. The summed E-state index contributed by atoms with van der Waals surface area (Å²) in [5, 5.41) is 5.58. The molecule has 2 N–H and O–H groups in total. The first kappa shape index (κ1) is 20.4. The van der Waals surface area contributed by atoms with Crippen LogP contribution in [0.1, 0.15) is 26.2 Å². The molecular weight excluding hydrogens is 384 g/mol. The van der Waals surface area contributed by atoms with Crippen molar-refractivity contribution in [2.24, 2.45) is 0 Å². The van der Waals surface area contributed by atoms with Crippen molar-refractivity contribution in [2.75, 3.05) is 38.6 Å². The number of rotatable bonds is 6. The Morgan fingerprint density at radius 1 is 1.21 bits per heavy atom. The smallest absolute Gasteiger partial charge is 0.324 e. The second-order valence-corrected chi connectivity index (χ2v) is 8.82. The van der Waals surface area contributed by atoms with E-state index in [2.05, 4.69) is 10.6 Å². The molecule has 0 spiro atoms. The van der Waals surface area contributed by atoms with Crippen LogP contribution < -0.4 is 15.4 Å². The zero-order chi connectivity index (χ0) is 20.3. The molecule has 1 aromatic carbocycles. The van der Waals surface area contributed by atoms with Gasteiger partial charge in [0, 0.05) is 31.9 Å². The minimum Gasteiger partial charge on any atom is -0.495 e. The summed E-state index contributed by atoms with van der Waals surface area (Å²) in [6.07, 6.45) is 2.69. The Balaban J connectivity index is 1.82. The average Bonchev–Trinajstić information content (AvgIpc) is 3.13. The van der Waals surface area contributed by atoms with Crippen molar-refractivity contribution in [3.63, 3.8) is 0 Å². The zero-order valence-corrected chi connectivity index (χ0v) is 16.9. The number of hydrogen-bond donors (Lipinski definition) is 2. The zero-order valence-electron chi connectivity index (χ0n) is 16.1. The fourth-order valence-electron chi connectivity index (χ4n) is 3.44. The van der Waals surface area contributed by atoms with Gasteiger partial charge < -0.3 is 15.4 Å². The van der Waals surface area contributed by atoms with E-state index in [4.69, 9.17) is 4.74 Å². The minimum atomic E-state index is -3.70. The summed E-state index contributed by atoms with van der Waals surface area (Å²) < 4.78 is 32.9. The fourth-order valence-corrected chi connectivity index (χ4v) is 5.14. The van der Waals surface area contributed by atoms with E-state index in [1.54, 1.807) is 19.1 Å². The van der Waals surface area contributed by atoms with Gasteiger partial charge in [-0.1, -0.05) is 6.42 Å². The molecular formula is C18H26N4O5S. The number of hydrogen-bond acceptors (Lipinski definition) is 6. The first-order chi connectivity index (χ1) is 13.3. The number of sulfonamides is 1. The highest BCUT2D eigenvalue weighted by Gasteiger charge is 2.31. The van der Waals surface area contributed by atoms with E-state index >= 15 is 0 Å². The van der Waals surface area contributed by atoms with Crippen LogP contribution in [0.25, 0.3) is 0 Å². The minimum absolute atomic E-state index is 0.0699. The number of benzene rings is 1. The van der Waals surface area contributed by atoms with Crippen LogP contribution in [0.15, 0.2) is 23.1 Å². The molecule has 9 nitrogen and oxygen atoms in total. The molecule has 154 valence electrons. The maximum atomic E-state index is 13.1. The monoisotopic (exact) mass is 410 g/mol. The third kappa shape index (κ3) is 4.07. The molecule has 1 unspecified atom stereocenters. The lowest BCUT2D eigenvalue weighted by Gasteiger charge is -2.27. The molecule has 0 radical (unpaired) electrons. The number of carbonyl (C=O) groups excluding carboxylic acids is 2. The third-order valence-electron chi connectivity index (χ3n) is 4.97. The number of carbonyl (C=O) groups is 2. The van der Waals surface area contributed by atoms with Gasteiger partial charge in [0.25, 0.3) is 5.91 Å². The molecule has 0 aliphatic carbocycles. The van der Waals surface area contributed by atoms with E-state index in [-0.39, 0.29) is 16.6 Å². The third-order valence-corrected chi connectivity index (χ3v) is 6.89. The number of amides is 3. The number of nitrogens with one attached hydrogen (secondary N) is 2. The number of ether oxygens (including phenoxy) is 1. The van der Waals surface area contributed by atoms with Crippen LogP contribution in [0, 0.1) is 0 Å². The summed E-state index contributed by atoms with van der Waals surface area (Å²) in [5.41, 5.74) is 0.469. The first-order valence-corrected chi connectivity index (χ1v) is 10.8. The SMILES string of the molecule is COc1ccc(NC(C)C(=O)N2CCNC2=O)cc1S(=O)(=O)N1CCCCC1. The highest BCUT2D eigenvalue weighted by atomic mass is 32.2. The van der Waals surface area contributed by atoms with Crippen LogP contribution in [-0.2, 0) is 14.8 Å². The Morgan fingerprint density at radius 3 is 2.54 bits per heavy atom. The van der Waals surface area contributed by atoms with Crippen LogP contribution in [0.4, 0.5) is 10.5 Å². The van der Waals surface area contributed by atoms with Crippen LogP contribution in [0.5, 0.6) is 5.75 Å². The Labute approximate surface area is 165 Å². The van der Waals surface area contributed by atoms with E-state index in [0.717, 1.165) is 24.2 Å². The lowest BCUT2D eigenvalue weighted by Crippen LogP contribution is -2.43. The summed E-state index contributed by atoms with van der Waals surface area (Å²) in [6.45, 7) is 3.36. The number of piperidine rings is 1. The molecule has 10 heteroatoms. The first-order valence-electron chi connectivity index (χ1n) is 9.38. The maximum Gasteiger partial charge on any atom is 0.324 e. The molecule has 2 saturated heterocycles. The molecule has 2 aliphatic rings. The van der Waals surface area contributed by atoms with Crippen molar-refractivity contribution in [1.29, 1.82) is 0 Å². The topological polar surface area (TPSA) is 108 Å². The quantitative estimate of drug-likeness (QED) is 0.730. The predicted molar refractivity (Wildman–Crippen MR) is 104 cm³/mol. The number of methoxy groups -OCH3 is 1.